The minimum atomic E-state index is -3.62. The first-order chi connectivity index (χ1) is 13.8. The van der Waals surface area contributed by atoms with E-state index in [2.05, 4.69) is 10.3 Å². The Kier molecular flexibility index (Phi) is 5.15. The Morgan fingerprint density at radius 1 is 1.10 bits per heavy atom. The predicted molar refractivity (Wildman–Crippen MR) is 104 cm³/mol. The van der Waals surface area contributed by atoms with Gasteiger partial charge in [-0.25, -0.2) is 22.2 Å². The fraction of sp³-hybridized carbons (Fsp3) is 0.158. The molecular formula is C19H15F2N3O3S2. The van der Waals surface area contributed by atoms with E-state index in [0.29, 0.717) is 6.42 Å². The molecule has 3 aromatic rings. The van der Waals surface area contributed by atoms with Crippen molar-refractivity contribution in [3.05, 3.63) is 76.3 Å². The summed E-state index contributed by atoms with van der Waals surface area (Å²) in [6.07, 6.45) is 0.416. The number of halogens is 2. The molecule has 0 fully saturated rings. The maximum atomic E-state index is 13.3. The highest BCUT2D eigenvalue weighted by molar-refractivity contribution is 7.89. The predicted octanol–water partition coefficient (Wildman–Crippen LogP) is 3.42. The van der Waals surface area contributed by atoms with E-state index >= 15 is 0 Å². The number of aromatic nitrogens is 1. The lowest BCUT2D eigenvalue weighted by Gasteiger charge is -2.25. The number of nitrogens with one attached hydrogen (secondary N) is 1. The van der Waals surface area contributed by atoms with Crippen LogP contribution in [0.3, 0.4) is 0 Å². The molecule has 10 heteroatoms. The minimum absolute atomic E-state index is 0.0367. The van der Waals surface area contributed by atoms with Crippen LogP contribution in [-0.4, -0.2) is 30.2 Å². The van der Waals surface area contributed by atoms with Gasteiger partial charge in [-0.2, -0.15) is 4.31 Å². The number of amides is 1. The number of hydrogen-bond donors (Lipinski definition) is 1. The Balaban J connectivity index is 1.51. The number of carbonyl (C=O) groups excluding carboxylic acids is 1. The van der Waals surface area contributed by atoms with E-state index in [4.69, 9.17) is 0 Å². The summed E-state index contributed by atoms with van der Waals surface area (Å²) >= 11 is 1.16. The van der Waals surface area contributed by atoms with Crippen molar-refractivity contribution in [3.8, 4) is 0 Å². The van der Waals surface area contributed by atoms with Gasteiger partial charge in [-0.05, 0) is 30.3 Å². The molecule has 0 aliphatic carbocycles. The maximum Gasteiger partial charge on any atom is 0.257 e. The fourth-order valence-corrected chi connectivity index (χ4v) is 5.51. The van der Waals surface area contributed by atoms with Crippen LogP contribution in [0.25, 0.3) is 0 Å². The average Bonchev–Trinajstić information content (AvgIpc) is 3.12. The highest BCUT2D eigenvalue weighted by atomic mass is 32.2. The van der Waals surface area contributed by atoms with Crippen LogP contribution in [0.4, 0.5) is 13.9 Å². The molecule has 1 amide bonds. The van der Waals surface area contributed by atoms with Gasteiger partial charge < -0.3 is 0 Å². The molecule has 0 radical (unpaired) electrons. The lowest BCUT2D eigenvalue weighted by atomic mass is 10.2. The number of carbonyl (C=O) groups is 1. The maximum absolute atomic E-state index is 13.3. The molecule has 0 saturated carbocycles. The summed E-state index contributed by atoms with van der Waals surface area (Å²) in [5.41, 5.74) is 0.681. The number of thiazole rings is 1. The smallest absolute Gasteiger partial charge is 0.257 e. The number of anilines is 1. The van der Waals surface area contributed by atoms with Gasteiger partial charge in [0.25, 0.3) is 5.91 Å². The van der Waals surface area contributed by atoms with Crippen LogP contribution in [0.2, 0.25) is 0 Å². The Labute approximate surface area is 169 Å². The Morgan fingerprint density at radius 3 is 2.59 bits per heavy atom. The van der Waals surface area contributed by atoms with Crippen LogP contribution >= 0.6 is 11.3 Å². The van der Waals surface area contributed by atoms with Gasteiger partial charge in [0.2, 0.25) is 10.0 Å². The molecule has 0 spiro atoms. The Bertz CT molecular complexity index is 1180. The van der Waals surface area contributed by atoms with Crippen LogP contribution in [0.15, 0.2) is 53.4 Å². The largest absolute Gasteiger partial charge is 0.298 e. The van der Waals surface area contributed by atoms with Crippen molar-refractivity contribution < 1.29 is 22.0 Å². The molecule has 0 unspecified atom stereocenters. The second-order valence-electron chi connectivity index (χ2n) is 6.37. The molecule has 1 aromatic heterocycles. The molecular weight excluding hydrogens is 420 g/mol. The van der Waals surface area contributed by atoms with E-state index in [1.54, 1.807) is 30.3 Å². The van der Waals surface area contributed by atoms with Crippen LogP contribution < -0.4 is 5.32 Å². The zero-order valence-corrected chi connectivity index (χ0v) is 16.6. The van der Waals surface area contributed by atoms with Crippen molar-refractivity contribution in [1.29, 1.82) is 0 Å². The molecule has 2 heterocycles. The summed E-state index contributed by atoms with van der Waals surface area (Å²) in [7, 11) is -3.62. The van der Waals surface area contributed by atoms with Gasteiger partial charge in [0.05, 0.1) is 17.1 Å². The first-order valence-electron chi connectivity index (χ1n) is 8.65. The second kappa shape index (κ2) is 7.62. The first kappa shape index (κ1) is 19.6. The second-order valence-corrected chi connectivity index (χ2v) is 9.40. The molecule has 1 aliphatic heterocycles. The summed E-state index contributed by atoms with van der Waals surface area (Å²) < 4.78 is 53.3. The quantitative estimate of drug-likeness (QED) is 0.681. The summed E-state index contributed by atoms with van der Waals surface area (Å²) in [5, 5.41) is 2.84. The lowest BCUT2D eigenvalue weighted by Crippen LogP contribution is -2.35. The standard InChI is InChI=1S/C19H15F2N3O3S2/c20-14-7-6-12(10-15(14)21)18(25)23-19-22-16-8-9-24(11-17(16)28-19)29(26,27)13-4-2-1-3-5-13/h1-7,10H,8-9,11H2,(H,22,23,25). The van der Waals surface area contributed by atoms with Gasteiger partial charge in [0, 0.05) is 23.4 Å². The topological polar surface area (TPSA) is 79.4 Å². The lowest BCUT2D eigenvalue weighted by molar-refractivity contribution is 0.102. The van der Waals surface area contributed by atoms with Crippen LogP contribution in [0.5, 0.6) is 0 Å². The monoisotopic (exact) mass is 435 g/mol. The third-order valence-electron chi connectivity index (χ3n) is 4.48. The van der Waals surface area contributed by atoms with Crippen LogP contribution in [0, 0.1) is 11.6 Å². The molecule has 29 heavy (non-hydrogen) atoms. The number of fused-ring (bicyclic) bond motifs is 1. The zero-order chi connectivity index (χ0) is 20.6. The van der Waals surface area contributed by atoms with E-state index in [1.807, 2.05) is 0 Å². The number of benzene rings is 2. The molecule has 1 N–H and O–H groups in total. The number of sulfonamides is 1. The summed E-state index contributed by atoms with van der Waals surface area (Å²) in [6, 6.07) is 11.0. The van der Waals surface area contributed by atoms with Gasteiger partial charge in [-0.1, -0.05) is 18.2 Å². The third-order valence-corrected chi connectivity index (χ3v) is 7.34. The van der Waals surface area contributed by atoms with E-state index < -0.39 is 27.6 Å². The van der Waals surface area contributed by atoms with Gasteiger partial charge in [-0.15, -0.1) is 11.3 Å². The minimum Gasteiger partial charge on any atom is -0.298 e. The highest BCUT2D eigenvalue weighted by Crippen LogP contribution is 2.31. The average molecular weight is 435 g/mol. The molecule has 1 aliphatic rings. The molecule has 4 rings (SSSR count). The molecule has 0 atom stereocenters. The van der Waals surface area contributed by atoms with Crippen molar-refractivity contribution in [2.45, 2.75) is 17.9 Å². The van der Waals surface area contributed by atoms with Crippen LogP contribution in [0.1, 0.15) is 20.9 Å². The molecule has 150 valence electrons. The van der Waals surface area contributed by atoms with Crippen molar-refractivity contribution in [2.24, 2.45) is 0 Å². The third kappa shape index (κ3) is 3.91. The SMILES string of the molecule is O=C(Nc1nc2c(s1)CN(S(=O)(=O)c1ccccc1)CC2)c1ccc(F)c(F)c1. The normalized spacial score (nSPS) is 14.4. The summed E-state index contributed by atoms with van der Waals surface area (Å²) in [6.45, 7) is 0.440. The van der Waals surface area contributed by atoms with E-state index in [9.17, 15) is 22.0 Å². The Morgan fingerprint density at radius 2 is 1.86 bits per heavy atom. The zero-order valence-electron chi connectivity index (χ0n) is 14.9. The number of rotatable bonds is 4. The van der Waals surface area contributed by atoms with Crippen molar-refractivity contribution in [2.75, 3.05) is 11.9 Å². The number of nitrogens with zero attached hydrogens (tertiary/aromatic N) is 2. The molecule has 0 saturated heterocycles. The van der Waals surface area contributed by atoms with Gasteiger partial charge >= 0.3 is 0 Å². The van der Waals surface area contributed by atoms with E-state index in [-0.39, 0.29) is 28.7 Å². The fourth-order valence-electron chi connectivity index (χ4n) is 2.98. The highest BCUT2D eigenvalue weighted by Gasteiger charge is 2.30. The summed E-state index contributed by atoms with van der Waals surface area (Å²) in [4.78, 5) is 17.6. The van der Waals surface area contributed by atoms with Crippen molar-refractivity contribution in [3.63, 3.8) is 0 Å². The van der Waals surface area contributed by atoms with Gasteiger partial charge in [0.15, 0.2) is 16.8 Å². The molecule has 2 aromatic carbocycles. The van der Waals surface area contributed by atoms with Crippen molar-refractivity contribution >= 4 is 32.4 Å². The number of hydrogen-bond acceptors (Lipinski definition) is 5. The van der Waals surface area contributed by atoms with E-state index in [1.165, 1.54) is 10.4 Å². The molecule has 0 bridgehead atoms. The van der Waals surface area contributed by atoms with Gasteiger partial charge in [0.1, 0.15) is 0 Å². The molecule has 6 nitrogen and oxygen atoms in total. The van der Waals surface area contributed by atoms with E-state index in [0.717, 1.165) is 34.0 Å². The summed E-state index contributed by atoms with van der Waals surface area (Å²) in [5.74, 6) is -2.77. The van der Waals surface area contributed by atoms with Crippen molar-refractivity contribution in [1.82, 2.24) is 9.29 Å². The Hall–Kier alpha value is -2.69. The van der Waals surface area contributed by atoms with Crippen LogP contribution in [-0.2, 0) is 23.0 Å². The first-order valence-corrected chi connectivity index (χ1v) is 10.9. The van der Waals surface area contributed by atoms with Gasteiger partial charge in [-0.3, -0.25) is 10.1 Å².